The first-order valence-corrected chi connectivity index (χ1v) is 9.24. The number of carbonyl (C=O) groups is 2. The van der Waals surface area contributed by atoms with E-state index < -0.39 is 6.10 Å². The molecule has 4 rings (SSSR count). The van der Waals surface area contributed by atoms with Gasteiger partial charge in [-0.25, -0.2) is 0 Å². The summed E-state index contributed by atoms with van der Waals surface area (Å²) in [6.45, 7) is 1.68. The molecule has 0 saturated carbocycles. The fourth-order valence-electron chi connectivity index (χ4n) is 2.59. The first-order chi connectivity index (χ1) is 13.1. The number of rotatable bonds is 5. The third-order valence-electron chi connectivity index (χ3n) is 3.97. The number of nitrogens with one attached hydrogen (secondary N) is 2. The molecule has 0 unspecified atom stereocenters. The number of benzene rings is 1. The van der Waals surface area contributed by atoms with Gasteiger partial charge < -0.3 is 19.9 Å². The zero-order valence-electron chi connectivity index (χ0n) is 14.4. The number of carbonyl (C=O) groups excluding carboxylic acids is 2. The van der Waals surface area contributed by atoms with E-state index in [2.05, 4.69) is 20.8 Å². The second-order valence-electron chi connectivity index (χ2n) is 6.00. The van der Waals surface area contributed by atoms with E-state index >= 15 is 0 Å². The molecule has 3 heterocycles. The van der Waals surface area contributed by atoms with Crippen LogP contribution in [-0.4, -0.2) is 28.1 Å². The van der Waals surface area contributed by atoms with Gasteiger partial charge >= 0.3 is 0 Å². The number of nitrogens with zero attached hydrogens (tertiary/aromatic N) is 2. The lowest BCUT2D eigenvalue weighted by atomic mass is 10.2. The standard InChI is InChI=1S/C18H16N4O4S/c1-10-18(24)20-12-9-11(4-5-13(12)25-10)19-15(23)6-7-16-21-17(22-26-16)14-3-2-8-27-14/h2-5,8-10H,6-7H2,1H3,(H,19,23)(H,20,24)/t10-/m0/s1. The maximum Gasteiger partial charge on any atom is 0.265 e. The average Bonchev–Trinajstić information content (AvgIpc) is 3.33. The van der Waals surface area contributed by atoms with Crippen LogP contribution in [0.5, 0.6) is 5.75 Å². The summed E-state index contributed by atoms with van der Waals surface area (Å²) in [4.78, 5) is 29.1. The van der Waals surface area contributed by atoms with Gasteiger partial charge in [-0.1, -0.05) is 11.2 Å². The van der Waals surface area contributed by atoms with E-state index in [0.29, 0.717) is 35.3 Å². The highest BCUT2D eigenvalue weighted by atomic mass is 32.1. The number of hydrogen-bond acceptors (Lipinski definition) is 7. The first-order valence-electron chi connectivity index (χ1n) is 8.36. The van der Waals surface area contributed by atoms with Gasteiger partial charge in [-0.3, -0.25) is 9.59 Å². The Hall–Kier alpha value is -3.20. The van der Waals surface area contributed by atoms with Crippen molar-refractivity contribution < 1.29 is 18.8 Å². The fourth-order valence-corrected chi connectivity index (χ4v) is 3.24. The van der Waals surface area contributed by atoms with Crippen molar-refractivity contribution in [3.05, 3.63) is 41.6 Å². The van der Waals surface area contributed by atoms with Gasteiger partial charge in [0.1, 0.15) is 5.75 Å². The molecule has 9 heteroatoms. The summed E-state index contributed by atoms with van der Waals surface area (Å²) < 4.78 is 10.7. The van der Waals surface area contributed by atoms with Gasteiger partial charge in [0.2, 0.25) is 17.6 Å². The molecule has 0 saturated heterocycles. The largest absolute Gasteiger partial charge is 0.479 e. The molecule has 1 aromatic carbocycles. The Morgan fingerprint density at radius 1 is 1.37 bits per heavy atom. The van der Waals surface area contributed by atoms with Crippen LogP contribution in [0.25, 0.3) is 10.7 Å². The zero-order chi connectivity index (χ0) is 18.8. The van der Waals surface area contributed by atoms with E-state index in [9.17, 15) is 9.59 Å². The van der Waals surface area contributed by atoms with Gasteiger partial charge in [-0.15, -0.1) is 11.3 Å². The van der Waals surface area contributed by atoms with Gasteiger partial charge in [0.15, 0.2) is 6.10 Å². The maximum atomic E-state index is 12.2. The molecule has 1 atom stereocenters. The van der Waals surface area contributed by atoms with Crippen LogP contribution in [0.4, 0.5) is 11.4 Å². The summed E-state index contributed by atoms with van der Waals surface area (Å²) in [6.07, 6.45) is 0.00154. The topological polar surface area (TPSA) is 106 Å². The monoisotopic (exact) mass is 384 g/mol. The van der Waals surface area contributed by atoms with Crippen LogP contribution >= 0.6 is 11.3 Å². The number of anilines is 2. The van der Waals surface area contributed by atoms with Gasteiger partial charge in [0, 0.05) is 18.5 Å². The fraction of sp³-hybridized carbons (Fsp3) is 0.222. The smallest absolute Gasteiger partial charge is 0.265 e. The molecule has 0 radical (unpaired) electrons. The second-order valence-corrected chi connectivity index (χ2v) is 6.95. The number of aryl methyl sites for hydroxylation is 1. The maximum absolute atomic E-state index is 12.2. The van der Waals surface area contributed by atoms with Crippen molar-refractivity contribution >= 4 is 34.5 Å². The number of ether oxygens (including phenoxy) is 1. The predicted octanol–water partition coefficient (Wildman–Crippen LogP) is 3.09. The second kappa shape index (κ2) is 7.20. The number of aromatic nitrogens is 2. The Kier molecular flexibility index (Phi) is 4.59. The van der Waals surface area contributed by atoms with Gasteiger partial charge in [0.05, 0.1) is 10.6 Å². The third-order valence-corrected chi connectivity index (χ3v) is 4.84. The summed E-state index contributed by atoms with van der Waals surface area (Å²) >= 11 is 1.52. The Labute approximate surface area is 158 Å². The Morgan fingerprint density at radius 2 is 2.26 bits per heavy atom. The van der Waals surface area contributed by atoms with Crippen molar-refractivity contribution in [2.75, 3.05) is 10.6 Å². The van der Waals surface area contributed by atoms with Crippen molar-refractivity contribution in [2.45, 2.75) is 25.9 Å². The van der Waals surface area contributed by atoms with Crippen molar-refractivity contribution in [3.8, 4) is 16.5 Å². The molecule has 2 aromatic heterocycles. The quantitative estimate of drug-likeness (QED) is 0.700. The van der Waals surface area contributed by atoms with Crippen molar-refractivity contribution in [2.24, 2.45) is 0 Å². The minimum Gasteiger partial charge on any atom is -0.479 e. The summed E-state index contributed by atoms with van der Waals surface area (Å²) in [5, 5.41) is 11.4. The van der Waals surface area contributed by atoms with Crippen LogP contribution < -0.4 is 15.4 Å². The summed E-state index contributed by atoms with van der Waals surface area (Å²) in [5.41, 5.74) is 1.11. The number of amides is 2. The molecule has 0 fully saturated rings. The molecule has 3 aromatic rings. The van der Waals surface area contributed by atoms with E-state index in [-0.39, 0.29) is 18.2 Å². The molecule has 8 nitrogen and oxygen atoms in total. The molecule has 138 valence electrons. The molecule has 1 aliphatic rings. The Balaban J connectivity index is 1.35. The highest BCUT2D eigenvalue weighted by molar-refractivity contribution is 7.13. The van der Waals surface area contributed by atoms with Crippen molar-refractivity contribution in [3.63, 3.8) is 0 Å². The predicted molar refractivity (Wildman–Crippen MR) is 99.7 cm³/mol. The lowest BCUT2D eigenvalue weighted by Crippen LogP contribution is -2.34. The SMILES string of the molecule is C[C@@H]1Oc2ccc(NC(=O)CCc3nc(-c4cccs4)no3)cc2NC1=O. The van der Waals surface area contributed by atoms with Crippen LogP contribution in [0.2, 0.25) is 0 Å². The zero-order valence-corrected chi connectivity index (χ0v) is 15.2. The molecule has 0 spiro atoms. The number of fused-ring (bicyclic) bond motifs is 1. The highest BCUT2D eigenvalue weighted by Crippen LogP contribution is 2.32. The van der Waals surface area contributed by atoms with E-state index in [0.717, 1.165) is 4.88 Å². The van der Waals surface area contributed by atoms with Gasteiger partial charge in [-0.2, -0.15) is 4.98 Å². The lowest BCUT2D eigenvalue weighted by Gasteiger charge is -2.23. The number of hydrogen-bond donors (Lipinski definition) is 2. The van der Waals surface area contributed by atoms with Crippen LogP contribution in [-0.2, 0) is 16.0 Å². The number of thiophene rings is 1. The van der Waals surface area contributed by atoms with E-state index in [1.807, 2.05) is 17.5 Å². The highest BCUT2D eigenvalue weighted by Gasteiger charge is 2.23. The molecular weight excluding hydrogens is 368 g/mol. The molecule has 0 aliphatic carbocycles. The van der Waals surface area contributed by atoms with Gasteiger partial charge in [-0.05, 0) is 36.6 Å². The Morgan fingerprint density at radius 3 is 3.07 bits per heavy atom. The molecule has 27 heavy (non-hydrogen) atoms. The molecular formula is C18H16N4O4S. The lowest BCUT2D eigenvalue weighted by molar-refractivity contribution is -0.122. The third kappa shape index (κ3) is 3.82. The van der Waals surface area contributed by atoms with Gasteiger partial charge in [0.25, 0.3) is 5.91 Å². The summed E-state index contributed by atoms with van der Waals surface area (Å²) in [6, 6.07) is 8.93. The minimum atomic E-state index is -0.536. The van der Waals surface area contributed by atoms with Crippen molar-refractivity contribution in [1.29, 1.82) is 0 Å². The van der Waals surface area contributed by atoms with E-state index in [1.54, 1.807) is 25.1 Å². The average molecular weight is 384 g/mol. The van der Waals surface area contributed by atoms with E-state index in [1.165, 1.54) is 11.3 Å². The van der Waals surface area contributed by atoms with Crippen LogP contribution in [0, 0.1) is 0 Å². The van der Waals surface area contributed by atoms with Crippen LogP contribution in [0.3, 0.4) is 0 Å². The van der Waals surface area contributed by atoms with Crippen molar-refractivity contribution in [1.82, 2.24) is 10.1 Å². The first kappa shape index (κ1) is 17.2. The Bertz CT molecular complexity index is 983. The normalized spacial score (nSPS) is 15.6. The molecule has 1 aliphatic heterocycles. The van der Waals surface area contributed by atoms with E-state index in [4.69, 9.17) is 9.26 Å². The summed E-state index contributed by atoms with van der Waals surface area (Å²) in [5.74, 6) is 1.10. The summed E-state index contributed by atoms with van der Waals surface area (Å²) in [7, 11) is 0. The molecule has 2 amide bonds. The molecule has 0 bridgehead atoms. The molecule has 2 N–H and O–H groups in total. The minimum absolute atomic E-state index is 0.192. The van der Waals surface area contributed by atoms with Crippen LogP contribution in [0.15, 0.2) is 40.2 Å². The van der Waals surface area contributed by atoms with Crippen LogP contribution in [0.1, 0.15) is 19.2 Å².